The third-order valence-corrected chi connectivity index (χ3v) is 2.28. The van der Waals surface area contributed by atoms with E-state index in [1.807, 2.05) is 37.3 Å². The normalized spacial score (nSPS) is 9.50. The molecule has 0 bridgehead atoms. The minimum absolute atomic E-state index is 0.0870. The molecular formula is C13H16N2O. The van der Waals surface area contributed by atoms with E-state index in [1.165, 1.54) is 0 Å². The molecule has 1 aromatic carbocycles. The number of nitriles is 1. The molecule has 0 heterocycles. The van der Waals surface area contributed by atoms with Gasteiger partial charge in [-0.25, -0.2) is 0 Å². The number of amides is 1. The highest BCUT2D eigenvalue weighted by atomic mass is 16.2. The van der Waals surface area contributed by atoms with E-state index in [2.05, 4.69) is 6.07 Å². The molecule has 0 fully saturated rings. The number of carbonyl (C=O) groups excluding carboxylic acids is 1. The first-order valence-corrected chi connectivity index (χ1v) is 5.52. The predicted molar refractivity (Wildman–Crippen MR) is 63.9 cm³/mol. The summed E-state index contributed by atoms with van der Waals surface area (Å²) in [6, 6.07) is 11.6. The van der Waals surface area contributed by atoms with E-state index in [9.17, 15) is 4.79 Å². The summed E-state index contributed by atoms with van der Waals surface area (Å²) in [6.07, 6.45) is 1.72. The van der Waals surface area contributed by atoms with Gasteiger partial charge in [-0.1, -0.05) is 25.1 Å². The molecule has 1 amide bonds. The van der Waals surface area contributed by atoms with Crippen molar-refractivity contribution < 1.29 is 4.79 Å². The number of carbonyl (C=O) groups is 1. The zero-order valence-corrected chi connectivity index (χ0v) is 9.52. The number of anilines is 1. The largest absolute Gasteiger partial charge is 0.311 e. The van der Waals surface area contributed by atoms with Crippen LogP contribution in [0, 0.1) is 11.3 Å². The highest BCUT2D eigenvalue weighted by molar-refractivity contribution is 5.93. The van der Waals surface area contributed by atoms with Crippen molar-refractivity contribution in [3.63, 3.8) is 0 Å². The molecule has 0 N–H and O–H groups in total. The molecule has 0 saturated heterocycles. The highest BCUT2D eigenvalue weighted by Gasteiger charge is 2.13. The van der Waals surface area contributed by atoms with Gasteiger partial charge in [0.05, 0.1) is 12.5 Å². The fraction of sp³-hybridized carbons (Fsp3) is 0.385. The van der Waals surface area contributed by atoms with Crippen LogP contribution in [0.15, 0.2) is 30.3 Å². The number of nitrogens with zero attached hydrogens (tertiary/aromatic N) is 2. The second-order valence-electron chi connectivity index (χ2n) is 3.54. The van der Waals surface area contributed by atoms with Crippen LogP contribution in [0.2, 0.25) is 0 Å². The Labute approximate surface area is 96.3 Å². The third-order valence-electron chi connectivity index (χ3n) is 2.28. The number of para-hydroxylation sites is 1. The highest BCUT2D eigenvalue weighted by Crippen LogP contribution is 2.15. The van der Waals surface area contributed by atoms with Crippen LogP contribution in [0.5, 0.6) is 0 Å². The second kappa shape index (κ2) is 6.62. The molecule has 0 saturated carbocycles. The lowest BCUT2D eigenvalue weighted by Crippen LogP contribution is -2.31. The van der Waals surface area contributed by atoms with E-state index in [0.717, 1.165) is 12.1 Å². The molecule has 1 rings (SSSR count). The van der Waals surface area contributed by atoms with E-state index in [0.29, 0.717) is 19.4 Å². The van der Waals surface area contributed by atoms with Crippen molar-refractivity contribution in [3.05, 3.63) is 30.3 Å². The van der Waals surface area contributed by atoms with Gasteiger partial charge in [-0.05, 0) is 18.6 Å². The van der Waals surface area contributed by atoms with Gasteiger partial charge < -0.3 is 4.90 Å². The first kappa shape index (κ1) is 12.3. The minimum Gasteiger partial charge on any atom is -0.311 e. The summed E-state index contributed by atoms with van der Waals surface area (Å²) in [4.78, 5) is 13.6. The molecule has 0 radical (unpaired) electrons. The first-order valence-electron chi connectivity index (χ1n) is 5.52. The zero-order chi connectivity index (χ0) is 11.8. The van der Waals surface area contributed by atoms with E-state index >= 15 is 0 Å². The summed E-state index contributed by atoms with van der Waals surface area (Å²) < 4.78 is 0. The Kier molecular flexibility index (Phi) is 5.07. The van der Waals surface area contributed by atoms with Crippen LogP contribution in [-0.2, 0) is 4.79 Å². The maximum Gasteiger partial charge on any atom is 0.226 e. The topological polar surface area (TPSA) is 44.1 Å². The molecular weight excluding hydrogens is 200 g/mol. The van der Waals surface area contributed by atoms with Gasteiger partial charge in [0.25, 0.3) is 0 Å². The quantitative estimate of drug-likeness (QED) is 0.759. The van der Waals surface area contributed by atoms with Crippen molar-refractivity contribution >= 4 is 11.6 Å². The molecule has 0 aromatic heterocycles. The number of hydrogen-bond acceptors (Lipinski definition) is 2. The van der Waals surface area contributed by atoms with Crippen LogP contribution < -0.4 is 4.90 Å². The summed E-state index contributed by atoms with van der Waals surface area (Å²) in [5.74, 6) is 0.0870. The van der Waals surface area contributed by atoms with Crippen LogP contribution in [0.3, 0.4) is 0 Å². The summed E-state index contributed by atoms with van der Waals surface area (Å²) in [7, 11) is 0. The van der Waals surface area contributed by atoms with Crippen LogP contribution in [0.25, 0.3) is 0 Å². The van der Waals surface area contributed by atoms with E-state index in [4.69, 9.17) is 5.26 Å². The third kappa shape index (κ3) is 3.39. The van der Waals surface area contributed by atoms with Crippen molar-refractivity contribution in [1.82, 2.24) is 0 Å². The summed E-state index contributed by atoms with van der Waals surface area (Å²) in [5.41, 5.74) is 0.871. The molecule has 3 heteroatoms. The Hall–Kier alpha value is -1.82. The van der Waals surface area contributed by atoms with Crippen molar-refractivity contribution in [3.8, 4) is 6.07 Å². The standard InChI is InChI=1S/C13H16N2O/c1-2-7-13(16)15(11-6-10-14)12-8-4-3-5-9-12/h3-5,8-9H,2,6-7,11H2,1H3. The van der Waals surface area contributed by atoms with Gasteiger partial charge in [-0.2, -0.15) is 5.26 Å². The monoisotopic (exact) mass is 216 g/mol. The van der Waals surface area contributed by atoms with E-state index in [1.54, 1.807) is 4.90 Å². The Morgan fingerprint density at radius 2 is 2.06 bits per heavy atom. The van der Waals surface area contributed by atoms with Gasteiger partial charge in [-0.15, -0.1) is 0 Å². The van der Waals surface area contributed by atoms with Crippen LogP contribution in [0.4, 0.5) is 5.69 Å². The molecule has 0 unspecified atom stereocenters. The molecule has 0 aliphatic carbocycles. The van der Waals surface area contributed by atoms with Gasteiger partial charge in [0.2, 0.25) is 5.91 Å². The maximum atomic E-state index is 11.9. The van der Waals surface area contributed by atoms with Crippen molar-refractivity contribution in [2.75, 3.05) is 11.4 Å². The minimum atomic E-state index is 0.0870. The van der Waals surface area contributed by atoms with Crippen LogP contribution in [0.1, 0.15) is 26.2 Å². The lowest BCUT2D eigenvalue weighted by molar-refractivity contribution is -0.118. The molecule has 3 nitrogen and oxygen atoms in total. The van der Waals surface area contributed by atoms with Gasteiger partial charge in [0, 0.05) is 18.7 Å². The lowest BCUT2D eigenvalue weighted by Gasteiger charge is -2.21. The van der Waals surface area contributed by atoms with Crippen LogP contribution in [-0.4, -0.2) is 12.5 Å². The SMILES string of the molecule is CCCC(=O)N(CCC#N)c1ccccc1. The summed E-state index contributed by atoms with van der Waals surface area (Å²) in [6.45, 7) is 2.45. The molecule has 84 valence electrons. The average Bonchev–Trinajstić information content (AvgIpc) is 2.31. The zero-order valence-electron chi connectivity index (χ0n) is 9.52. The second-order valence-corrected chi connectivity index (χ2v) is 3.54. The summed E-state index contributed by atoms with van der Waals surface area (Å²) in [5, 5.41) is 8.59. The Balaban J connectivity index is 2.79. The molecule has 0 aliphatic rings. The number of benzene rings is 1. The number of hydrogen-bond donors (Lipinski definition) is 0. The molecule has 16 heavy (non-hydrogen) atoms. The lowest BCUT2D eigenvalue weighted by atomic mass is 10.2. The molecule has 0 spiro atoms. The van der Waals surface area contributed by atoms with Crippen molar-refractivity contribution in [1.29, 1.82) is 5.26 Å². The van der Waals surface area contributed by atoms with Crippen molar-refractivity contribution in [2.45, 2.75) is 26.2 Å². The average molecular weight is 216 g/mol. The van der Waals surface area contributed by atoms with Crippen LogP contribution >= 0.6 is 0 Å². The van der Waals surface area contributed by atoms with E-state index < -0.39 is 0 Å². The van der Waals surface area contributed by atoms with Crippen molar-refractivity contribution in [2.24, 2.45) is 0 Å². The van der Waals surface area contributed by atoms with Gasteiger partial charge >= 0.3 is 0 Å². The number of rotatable bonds is 5. The van der Waals surface area contributed by atoms with Gasteiger partial charge in [0.15, 0.2) is 0 Å². The fourth-order valence-corrected chi connectivity index (χ4v) is 1.52. The molecule has 0 aliphatic heterocycles. The Morgan fingerprint density at radius 1 is 1.38 bits per heavy atom. The fourth-order valence-electron chi connectivity index (χ4n) is 1.52. The van der Waals surface area contributed by atoms with E-state index in [-0.39, 0.29) is 5.91 Å². The first-order chi connectivity index (χ1) is 7.79. The van der Waals surface area contributed by atoms with Gasteiger partial charge in [-0.3, -0.25) is 4.79 Å². The Bertz CT molecular complexity index is 367. The molecule has 1 aromatic rings. The molecule has 0 atom stereocenters. The smallest absolute Gasteiger partial charge is 0.226 e. The Morgan fingerprint density at radius 3 is 2.62 bits per heavy atom. The maximum absolute atomic E-state index is 11.9. The van der Waals surface area contributed by atoms with Gasteiger partial charge in [0.1, 0.15) is 0 Å². The predicted octanol–water partition coefficient (Wildman–Crippen LogP) is 2.73. The summed E-state index contributed by atoms with van der Waals surface area (Å²) >= 11 is 0.